The largest absolute Gasteiger partial charge is 0.460 e. The second-order valence-corrected chi connectivity index (χ2v) is 7.44. The van der Waals surface area contributed by atoms with Gasteiger partial charge in [0.2, 0.25) is 5.95 Å². The Morgan fingerprint density at radius 3 is 2.79 bits per heavy atom. The van der Waals surface area contributed by atoms with Gasteiger partial charge in [-0.25, -0.2) is 0 Å². The van der Waals surface area contributed by atoms with Crippen LogP contribution in [0.15, 0.2) is 23.3 Å². The van der Waals surface area contributed by atoms with E-state index in [1.165, 1.54) is 6.21 Å². The number of aromatic nitrogens is 3. The summed E-state index contributed by atoms with van der Waals surface area (Å²) in [6.45, 7) is 7.86. The summed E-state index contributed by atoms with van der Waals surface area (Å²) >= 11 is 0. The number of anilines is 3. The molecule has 0 amide bonds. The van der Waals surface area contributed by atoms with Crippen LogP contribution in [0.5, 0.6) is 6.01 Å². The number of aliphatic hydroxyl groups is 1. The van der Waals surface area contributed by atoms with Gasteiger partial charge in [0.15, 0.2) is 5.82 Å². The maximum atomic E-state index is 9.91. The Hall–Kier alpha value is -2.98. The molecule has 1 saturated heterocycles. The Morgan fingerprint density at radius 2 is 2.07 bits per heavy atom. The van der Waals surface area contributed by atoms with Crippen molar-refractivity contribution in [3.05, 3.63) is 29.6 Å². The number of ether oxygens (including phenoxy) is 2. The summed E-state index contributed by atoms with van der Waals surface area (Å²) in [6, 6.07) is 5.77. The summed E-state index contributed by atoms with van der Waals surface area (Å²) < 4.78 is 11.0. The number of hydrazone groups is 1. The molecule has 1 aromatic carbocycles. The molecule has 0 unspecified atom stereocenters. The van der Waals surface area contributed by atoms with Crippen LogP contribution in [-0.2, 0) is 4.74 Å². The number of nitrogens with one attached hydrogen (secondary N) is 1. The highest BCUT2D eigenvalue weighted by Gasteiger charge is 2.19. The number of hydrogen-bond acceptors (Lipinski definition) is 10. The molecule has 1 fully saturated rings. The molecule has 2 aromatic rings. The maximum absolute atomic E-state index is 9.91. The molecule has 0 aliphatic carbocycles. The zero-order valence-electron chi connectivity index (χ0n) is 16.9. The van der Waals surface area contributed by atoms with Crippen LogP contribution >= 0.6 is 0 Å². The highest BCUT2D eigenvalue weighted by Crippen LogP contribution is 2.19. The van der Waals surface area contributed by atoms with Crippen LogP contribution in [0.25, 0.3) is 0 Å². The third-order valence-corrected chi connectivity index (χ3v) is 4.04. The Labute approximate surface area is 169 Å². The third kappa shape index (κ3) is 6.26. The first-order chi connectivity index (χ1) is 13.8. The Balaban J connectivity index is 1.80. The molecule has 10 heteroatoms. The van der Waals surface area contributed by atoms with Gasteiger partial charge in [-0.15, -0.1) is 0 Å². The van der Waals surface area contributed by atoms with Gasteiger partial charge in [0.1, 0.15) is 6.61 Å². The number of rotatable bonds is 7. The lowest BCUT2D eigenvalue weighted by Crippen LogP contribution is -2.37. The lowest BCUT2D eigenvalue weighted by molar-refractivity contribution is 0.0249. The molecule has 2 heterocycles. The van der Waals surface area contributed by atoms with Crippen molar-refractivity contribution in [1.29, 1.82) is 0 Å². The minimum Gasteiger partial charge on any atom is -0.460 e. The molecule has 1 aliphatic heterocycles. The van der Waals surface area contributed by atoms with E-state index in [4.69, 9.17) is 15.2 Å². The summed E-state index contributed by atoms with van der Waals surface area (Å²) in [5.74, 6) is 0.802. The molecule has 0 saturated carbocycles. The number of aryl methyl sites for hydroxylation is 1. The predicted molar refractivity (Wildman–Crippen MR) is 111 cm³/mol. The minimum absolute atomic E-state index is 0.0498. The Bertz CT molecular complexity index is 861. The molecule has 1 aromatic heterocycles. The molecule has 0 atom stereocenters. The van der Waals surface area contributed by atoms with Crippen molar-refractivity contribution in [2.75, 3.05) is 49.0 Å². The van der Waals surface area contributed by atoms with Crippen LogP contribution in [0.4, 0.5) is 17.3 Å². The van der Waals surface area contributed by atoms with Crippen LogP contribution in [0.1, 0.15) is 25.2 Å². The molecule has 29 heavy (non-hydrogen) atoms. The lowest BCUT2D eigenvalue weighted by Gasteiger charge is -2.27. The van der Waals surface area contributed by atoms with Crippen molar-refractivity contribution in [2.45, 2.75) is 26.4 Å². The molecule has 0 spiro atoms. The van der Waals surface area contributed by atoms with Gasteiger partial charge in [-0.05, 0) is 38.5 Å². The molecular weight excluding hydrogens is 374 g/mol. The zero-order valence-corrected chi connectivity index (χ0v) is 16.9. The van der Waals surface area contributed by atoms with Crippen molar-refractivity contribution in [2.24, 2.45) is 5.10 Å². The number of nitrogen functional groups attached to an aromatic ring is 1. The summed E-state index contributed by atoms with van der Waals surface area (Å²) in [5, 5.41) is 14.1. The third-order valence-electron chi connectivity index (χ3n) is 4.04. The van der Waals surface area contributed by atoms with E-state index >= 15 is 0 Å². The maximum Gasteiger partial charge on any atom is 0.321 e. The molecule has 1 aliphatic rings. The topological polar surface area (TPSA) is 131 Å². The number of benzene rings is 1. The smallest absolute Gasteiger partial charge is 0.321 e. The molecule has 156 valence electrons. The van der Waals surface area contributed by atoms with Gasteiger partial charge < -0.3 is 25.2 Å². The van der Waals surface area contributed by atoms with Gasteiger partial charge in [0.25, 0.3) is 0 Å². The van der Waals surface area contributed by atoms with Crippen LogP contribution in [0, 0.1) is 6.92 Å². The average molecular weight is 401 g/mol. The molecular formula is C19H27N7O3. The first-order valence-corrected chi connectivity index (χ1v) is 9.39. The Kier molecular flexibility index (Phi) is 6.45. The summed E-state index contributed by atoms with van der Waals surface area (Å²) in [7, 11) is 0. The minimum atomic E-state index is -1.01. The first kappa shape index (κ1) is 20.7. The van der Waals surface area contributed by atoms with E-state index in [2.05, 4.69) is 25.5 Å². The van der Waals surface area contributed by atoms with Gasteiger partial charge in [0, 0.05) is 13.1 Å². The van der Waals surface area contributed by atoms with Gasteiger partial charge in [-0.1, -0.05) is 6.07 Å². The van der Waals surface area contributed by atoms with Crippen LogP contribution in [0.2, 0.25) is 0 Å². The number of nitrogens with zero attached hydrogens (tertiary/aromatic N) is 5. The first-order valence-electron chi connectivity index (χ1n) is 9.39. The fraction of sp³-hybridized carbons (Fsp3) is 0.474. The zero-order chi connectivity index (χ0) is 20.9. The molecule has 0 bridgehead atoms. The van der Waals surface area contributed by atoms with E-state index < -0.39 is 5.60 Å². The predicted octanol–water partition coefficient (Wildman–Crippen LogP) is 1.19. The van der Waals surface area contributed by atoms with Crippen molar-refractivity contribution >= 4 is 23.5 Å². The molecule has 3 rings (SSSR count). The molecule has 4 N–H and O–H groups in total. The van der Waals surface area contributed by atoms with E-state index in [0.717, 1.165) is 5.56 Å². The van der Waals surface area contributed by atoms with Crippen LogP contribution in [-0.4, -0.2) is 64.8 Å². The molecule has 0 radical (unpaired) electrons. The summed E-state index contributed by atoms with van der Waals surface area (Å²) in [5.41, 5.74) is 10.2. The van der Waals surface area contributed by atoms with Crippen molar-refractivity contribution in [3.8, 4) is 6.01 Å². The Morgan fingerprint density at radius 1 is 1.31 bits per heavy atom. The monoisotopic (exact) mass is 401 g/mol. The molecule has 10 nitrogen and oxygen atoms in total. The standard InChI is InChI=1S/C19H27N7O3/c1-13-4-5-14(20)15(10-13)25-21-11-16-22-17(26-6-8-28-9-7-26)24-18(23-16)29-12-19(2,3)27/h4-5,10-11,25,27H,6-9,12,20H2,1-3H3. The van der Waals surface area contributed by atoms with Gasteiger partial charge in [-0.3, -0.25) is 5.43 Å². The van der Waals surface area contributed by atoms with Crippen molar-refractivity contribution in [3.63, 3.8) is 0 Å². The highest BCUT2D eigenvalue weighted by molar-refractivity contribution is 5.77. The number of hydrogen-bond donors (Lipinski definition) is 3. The second-order valence-electron chi connectivity index (χ2n) is 7.44. The SMILES string of the molecule is Cc1ccc(N)c(NN=Cc2nc(OCC(C)(C)O)nc(N3CCOCC3)n2)c1. The second kappa shape index (κ2) is 9.01. The van der Waals surface area contributed by atoms with Crippen LogP contribution < -0.4 is 20.8 Å². The van der Waals surface area contributed by atoms with E-state index in [9.17, 15) is 5.11 Å². The van der Waals surface area contributed by atoms with Gasteiger partial charge in [-0.2, -0.15) is 20.1 Å². The van der Waals surface area contributed by atoms with Gasteiger partial charge in [0.05, 0.1) is 36.4 Å². The summed E-state index contributed by atoms with van der Waals surface area (Å²) in [4.78, 5) is 15.1. The normalized spacial score (nSPS) is 15.0. The fourth-order valence-electron chi connectivity index (χ4n) is 2.56. The quantitative estimate of drug-likeness (QED) is 0.356. The van der Waals surface area contributed by atoms with E-state index in [1.54, 1.807) is 13.8 Å². The van der Waals surface area contributed by atoms with E-state index in [1.807, 2.05) is 30.0 Å². The number of nitrogens with two attached hydrogens (primary N) is 1. The van der Waals surface area contributed by atoms with E-state index in [-0.39, 0.29) is 12.6 Å². The van der Waals surface area contributed by atoms with Gasteiger partial charge >= 0.3 is 6.01 Å². The number of morpholine rings is 1. The lowest BCUT2D eigenvalue weighted by atomic mass is 10.2. The average Bonchev–Trinajstić information content (AvgIpc) is 2.69. The fourth-order valence-corrected chi connectivity index (χ4v) is 2.56. The van der Waals surface area contributed by atoms with Crippen molar-refractivity contribution < 1.29 is 14.6 Å². The van der Waals surface area contributed by atoms with Crippen molar-refractivity contribution in [1.82, 2.24) is 15.0 Å². The highest BCUT2D eigenvalue weighted by atomic mass is 16.5. The van der Waals surface area contributed by atoms with E-state index in [0.29, 0.717) is 49.5 Å². The van der Waals surface area contributed by atoms with Crippen LogP contribution in [0.3, 0.4) is 0 Å². The summed E-state index contributed by atoms with van der Waals surface area (Å²) in [6.07, 6.45) is 1.48.